The van der Waals surface area contributed by atoms with E-state index >= 15 is 0 Å². The number of hydrogen-bond donors (Lipinski definition) is 1. The molecule has 4 rings (SSSR count). The van der Waals surface area contributed by atoms with Gasteiger partial charge in [0.2, 0.25) is 0 Å². The summed E-state index contributed by atoms with van der Waals surface area (Å²) in [5.41, 5.74) is 2.40. The Morgan fingerprint density at radius 2 is 2.22 bits per heavy atom. The van der Waals surface area contributed by atoms with E-state index in [4.69, 9.17) is 0 Å². The van der Waals surface area contributed by atoms with E-state index in [0.717, 1.165) is 48.0 Å². The van der Waals surface area contributed by atoms with Gasteiger partial charge < -0.3 is 10.2 Å². The third kappa shape index (κ3) is 3.73. The van der Waals surface area contributed by atoms with Gasteiger partial charge in [0.1, 0.15) is 16.5 Å². The van der Waals surface area contributed by atoms with E-state index < -0.39 is 0 Å². The fraction of sp³-hybridized carbons (Fsp3) is 0.444. The van der Waals surface area contributed by atoms with Crippen LogP contribution in [-0.4, -0.2) is 49.6 Å². The number of amides is 1. The molecule has 1 amide bonds. The van der Waals surface area contributed by atoms with Crippen molar-refractivity contribution < 1.29 is 4.79 Å². The first-order chi connectivity index (χ1) is 13.0. The van der Waals surface area contributed by atoms with Crippen molar-refractivity contribution in [2.24, 2.45) is 14.1 Å². The van der Waals surface area contributed by atoms with Crippen LogP contribution in [0.3, 0.4) is 0 Å². The Kier molecular flexibility index (Phi) is 4.69. The van der Waals surface area contributed by atoms with Gasteiger partial charge in [0.05, 0.1) is 11.9 Å². The second-order valence-corrected chi connectivity index (χ2v) is 7.82. The average Bonchev–Trinajstić information content (AvgIpc) is 3.35. The van der Waals surface area contributed by atoms with Crippen molar-refractivity contribution in [2.75, 3.05) is 18.0 Å². The van der Waals surface area contributed by atoms with E-state index in [-0.39, 0.29) is 11.9 Å². The van der Waals surface area contributed by atoms with E-state index in [1.165, 1.54) is 11.3 Å². The summed E-state index contributed by atoms with van der Waals surface area (Å²) in [4.78, 5) is 19.4. The molecule has 0 aromatic carbocycles. The van der Waals surface area contributed by atoms with Crippen LogP contribution in [0.4, 0.5) is 5.82 Å². The number of aryl methyl sites for hydroxylation is 3. The molecule has 1 fully saturated rings. The first kappa shape index (κ1) is 17.7. The Hall–Kier alpha value is -2.68. The molecule has 4 heterocycles. The van der Waals surface area contributed by atoms with Gasteiger partial charge in [-0.1, -0.05) is 0 Å². The van der Waals surface area contributed by atoms with Gasteiger partial charge >= 0.3 is 0 Å². The lowest BCUT2D eigenvalue weighted by atomic mass is 10.1. The van der Waals surface area contributed by atoms with Crippen LogP contribution in [0.2, 0.25) is 0 Å². The second kappa shape index (κ2) is 7.15. The van der Waals surface area contributed by atoms with Crippen LogP contribution in [0.1, 0.15) is 29.0 Å². The minimum absolute atomic E-state index is 0.102. The van der Waals surface area contributed by atoms with Crippen molar-refractivity contribution in [3.63, 3.8) is 0 Å². The summed E-state index contributed by atoms with van der Waals surface area (Å²) in [5.74, 6) is 0.980. The van der Waals surface area contributed by atoms with Gasteiger partial charge in [-0.25, -0.2) is 4.98 Å². The van der Waals surface area contributed by atoms with Crippen LogP contribution in [0.25, 0.3) is 10.6 Å². The number of nitrogens with one attached hydrogen (secondary N) is 1. The predicted octanol–water partition coefficient (Wildman–Crippen LogP) is 1.98. The lowest BCUT2D eigenvalue weighted by Gasteiger charge is -2.34. The summed E-state index contributed by atoms with van der Waals surface area (Å²) < 4.78 is 3.63. The molecule has 1 aliphatic rings. The van der Waals surface area contributed by atoms with E-state index in [0.29, 0.717) is 5.69 Å². The third-order valence-electron chi connectivity index (χ3n) is 4.75. The quantitative estimate of drug-likeness (QED) is 0.743. The Morgan fingerprint density at radius 1 is 1.37 bits per heavy atom. The molecule has 3 aromatic rings. The molecule has 142 valence electrons. The molecule has 1 unspecified atom stereocenters. The molecule has 1 atom stereocenters. The summed E-state index contributed by atoms with van der Waals surface area (Å²) in [6, 6.07) is 2.19. The Bertz CT molecular complexity index is 957. The number of nitrogens with zero attached hydrogens (tertiary/aromatic N) is 6. The van der Waals surface area contributed by atoms with Crippen molar-refractivity contribution in [3.05, 3.63) is 35.2 Å². The van der Waals surface area contributed by atoms with Gasteiger partial charge in [0.15, 0.2) is 0 Å². The zero-order valence-corrected chi connectivity index (χ0v) is 16.5. The number of thiazole rings is 1. The van der Waals surface area contributed by atoms with E-state index in [2.05, 4.69) is 31.5 Å². The van der Waals surface area contributed by atoms with Gasteiger partial charge in [-0.15, -0.1) is 11.3 Å². The minimum atomic E-state index is -0.116. The maximum atomic E-state index is 12.7. The van der Waals surface area contributed by atoms with Crippen molar-refractivity contribution >= 4 is 23.1 Å². The SMILES string of the molecule is Cc1cc(N2CCCC(NC(=O)c3csc(-c4cnn(C)c4)n3)C2)n(C)n1. The molecule has 0 aliphatic carbocycles. The molecule has 0 saturated carbocycles. The van der Waals surface area contributed by atoms with E-state index in [1.807, 2.05) is 37.3 Å². The van der Waals surface area contributed by atoms with Gasteiger partial charge in [0.25, 0.3) is 5.91 Å². The molecule has 8 nitrogen and oxygen atoms in total. The first-order valence-electron chi connectivity index (χ1n) is 9.00. The number of aromatic nitrogens is 5. The summed E-state index contributed by atoms with van der Waals surface area (Å²) in [5, 5.41) is 14.3. The highest BCUT2D eigenvalue weighted by Gasteiger charge is 2.24. The summed E-state index contributed by atoms with van der Waals surface area (Å²) in [6.45, 7) is 3.76. The van der Waals surface area contributed by atoms with Crippen LogP contribution in [0, 0.1) is 6.92 Å². The monoisotopic (exact) mass is 385 g/mol. The summed E-state index contributed by atoms with van der Waals surface area (Å²) in [6.07, 6.45) is 5.66. The van der Waals surface area contributed by atoms with Crippen LogP contribution >= 0.6 is 11.3 Å². The maximum Gasteiger partial charge on any atom is 0.271 e. The highest BCUT2D eigenvalue weighted by molar-refractivity contribution is 7.13. The molecular formula is C18H23N7OS. The van der Waals surface area contributed by atoms with Crippen molar-refractivity contribution in [2.45, 2.75) is 25.8 Å². The third-order valence-corrected chi connectivity index (χ3v) is 5.64. The molecule has 27 heavy (non-hydrogen) atoms. The van der Waals surface area contributed by atoms with Gasteiger partial charge in [-0.05, 0) is 19.8 Å². The average molecular weight is 385 g/mol. The molecule has 1 saturated heterocycles. The minimum Gasteiger partial charge on any atom is -0.355 e. The zero-order chi connectivity index (χ0) is 19.0. The van der Waals surface area contributed by atoms with Crippen LogP contribution in [0.15, 0.2) is 23.8 Å². The summed E-state index contributed by atoms with van der Waals surface area (Å²) >= 11 is 1.46. The number of anilines is 1. The molecule has 0 radical (unpaired) electrons. The molecule has 9 heteroatoms. The maximum absolute atomic E-state index is 12.7. The number of rotatable bonds is 4. The smallest absolute Gasteiger partial charge is 0.271 e. The standard InChI is InChI=1S/C18H23N7OS/c1-12-7-16(24(3)22-12)25-6-4-5-14(10-25)20-17(26)15-11-27-18(21-15)13-8-19-23(2)9-13/h7-9,11,14H,4-6,10H2,1-3H3,(H,20,26). The summed E-state index contributed by atoms with van der Waals surface area (Å²) in [7, 11) is 3.82. The zero-order valence-electron chi connectivity index (χ0n) is 15.7. The lowest BCUT2D eigenvalue weighted by molar-refractivity contribution is 0.0929. The second-order valence-electron chi connectivity index (χ2n) is 6.97. The number of piperidine rings is 1. The molecule has 1 N–H and O–H groups in total. The highest BCUT2D eigenvalue weighted by atomic mass is 32.1. The van der Waals surface area contributed by atoms with Crippen molar-refractivity contribution in [1.82, 2.24) is 29.9 Å². The van der Waals surface area contributed by atoms with Gasteiger partial charge in [-0.3, -0.25) is 14.2 Å². The Balaban J connectivity index is 1.42. The molecule has 0 bridgehead atoms. The Morgan fingerprint density at radius 3 is 2.93 bits per heavy atom. The predicted molar refractivity (Wildman–Crippen MR) is 105 cm³/mol. The normalized spacial score (nSPS) is 17.3. The highest BCUT2D eigenvalue weighted by Crippen LogP contribution is 2.24. The molecular weight excluding hydrogens is 362 g/mol. The van der Waals surface area contributed by atoms with E-state index in [9.17, 15) is 4.79 Å². The van der Waals surface area contributed by atoms with Crippen molar-refractivity contribution in [1.29, 1.82) is 0 Å². The topological polar surface area (TPSA) is 80.9 Å². The van der Waals surface area contributed by atoms with Crippen molar-refractivity contribution in [3.8, 4) is 10.6 Å². The first-order valence-corrected chi connectivity index (χ1v) is 9.88. The fourth-order valence-corrected chi connectivity index (χ4v) is 4.27. The van der Waals surface area contributed by atoms with Gasteiger partial charge in [0, 0.05) is 56.4 Å². The number of carbonyl (C=O) groups excluding carboxylic acids is 1. The molecule has 0 spiro atoms. The molecule has 3 aromatic heterocycles. The van der Waals surface area contributed by atoms with Crippen LogP contribution in [0.5, 0.6) is 0 Å². The largest absolute Gasteiger partial charge is 0.355 e. The van der Waals surface area contributed by atoms with Gasteiger partial charge in [-0.2, -0.15) is 10.2 Å². The number of hydrogen-bond acceptors (Lipinski definition) is 6. The number of carbonyl (C=O) groups is 1. The Labute approximate surface area is 161 Å². The lowest BCUT2D eigenvalue weighted by Crippen LogP contribution is -2.48. The van der Waals surface area contributed by atoms with Crippen LogP contribution in [-0.2, 0) is 14.1 Å². The van der Waals surface area contributed by atoms with Crippen LogP contribution < -0.4 is 10.2 Å². The van der Waals surface area contributed by atoms with E-state index in [1.54, 1.807) is 10.9 Å². The molecule has 1 aliphatic heterocycles. The fourth-order valence-electron chi connectivity index (χ4n) is 3.50.